The lowest BCUT2D eigenvalue weighted by atomic mass is 10.3. The molecule has 0 aromatic heterocycles. The lowest BCUT2D eigenvalue weighted by Crippen LogP contribution is -2.44. The molecule has 1 aromatic carbocycles. The van der Waals surface area contributed by atoms with Gasteiger partial charge >= 0.3 is 0 Å². The van der Waals surface area contributed by atoms with Gasteiger partial charge in [-0.15, -0.1) is 11.8 Å². The number of benzene rings is 1. The van der Waals surface area contributed by atoms with E-state index in [0.29, 0.717) is 6.61 Å². The van der Waals surface area contributed by atoms with Crippen LogP contribution in [0.1, 0.15) is 6.92 Å². The fourth-order valence-corrected chi connectivity index (χ4v) is 3.12. The largest absolute Gasteiger partial charge is 0.494 e. The van der Waals surface area contributed by atoms with Crippen LogP contribution in [-0.2, 0) is 0 Å². The Bertz CT molecular complexity index is 394. The highest BCUT2D eigenvalue weighted by molar-refractivity contribution is 7.99. The van der Waals surface area contributed by atoms with Gasteiger partial charge in [0.25, 0.3) is 0 Å². The summed E-state index contributed by atoms with van der Waals surface area (Å²) in [5.41, 5.74) is 6.85. The minimum atomic E-state index is 0.689. The van der Waals surface area contributed by atoms with E-state index in [1.165, 1.54) is 0 Å². The summed E-state index contributed by atoms with van der Waals surface area (Å²) in [6.45, 7) is 8.30. The van der Waals surface area contributed by atoms with Gasteiger partial charge in [-0.25, -0.2) is 0 Å². The summed E-state index contributed by atoms with van der Waals surface area (Å²) in [4.78, 5) is 3.62. The third-order valence-corrected chi connectivity index (χ3v) is 4.22. The molecule has 19 heavy (non-hydrogen) atoms. The summed E-state index contributed by atoms with van der Waals surface area (Å²) in [5.74, 6) is 1.97. The van der Waals surface area contributed by atoms with Crippen molar-refractivity contribution >= 4 is 17.4 Å². The molecule has 4 nitrogen and oxygen atoms in total. The molecule has 1 fully saturated rings. The molecule has 5 heteroatoms. The Morgan fingerprint density at radius 2 is 2.16 bits per heavy atom. The number of anilines is 1. The number of piperazine rings is 1. The lowest BCUT2D eigenvalue weighted by Gasteiger charge is -2.26. The number of hydrogen-bond donors (Lipinski definition) is 2. The van der Waals surface area contributed by atoms with E-state index < -0.39 is 0 Å². The fraction of sp³-hybridized carbons (Fsp3) is 0.571. The molecule has 0 unspecified atom stereocenters. The van der Waals surface area contributed by atoms with Crippen LogP contribution < -0.4 is 15.8 Å². The molecule has 1 aliphatic heterocycles. The zero-order chi connectivity index (χ0) is 13.5. The van der Waals surface area contributed by atoms with E-state index in [1.54, 1.807) is 0 Å². The normalized spacial score (nSPS) is 16.5. The topological polar surface area (TPSA) is 50.5 Å². The van der Waals surface area contributed by atoms with Gasteiger partial charge in [0.2, 0.25) is 0 Å². The van der Waals surface area contributed by atoms with Gasteiger partial charge in [-0.05, 0) is 25.1 Å². The quantitative estimate of drug-likeness (QED) is 0.613. The maximum atomic E-state index is 6.00. The third kappa shape index (κ3) is 4.60. The van der Waals surface area contributed by atoms with Gasteiger partial charge in [0, 0.05) is 49.1 Å². The second-order valence-corrected chi connectivity index (χ2v) is 5.71. The number of nitrogen functional groups attached to an aromatic ring is 1. The van der Waals surface area contributed by atoms with Crippen molar-refractivity contribution < 1.29 is 4.74 Å². The van der Waals surface area contributed by atoms with Crippen molar-refractivity contribution in [3.63, 3.8) is 0 Å². The first-order valence-corrected chi connectivity index (χ1v) is 7.86. The van der Waals surface area contributed by atoms with Gasteiger partial charge < -0.3 is 15.8 Å². The molecule has 1 saturated heterocycles. The molecule has 1 aromatic rings. The van der Waals surface area contributed by atoms with Crippen LogP contribution >= 0.6 is 11.8 Å². The smallest absolute Gasteiger partial charge is 0.120 e. The summed E-state index contributed by atoms with van der Waals surface area (Å²) in [7, 11) is 0. The second kappa shape index (κ2) is 7.62. The molecule has 3 N–H and O–H groups in total. The van der Waals surface area contributed by atoms with Crippen LogP contribution in [0.3, 0.4) is 0 Å². The highest BCUT2D eigenvalue weighted by atomic mass is 32.2. The van der Waals surface area contributed by atoms with E-state index in [9.17, 15) is 0 Å². The highest BCUT2D eigenvalue weighted by Crippen LogP contribution is 2.29. The Kier molecular flexibility index (Phi) is 5.82. The number of nitrogens with two attached hydrogens (primary N) is 1. The molecular formula is C14H23N3OS. The molecule has 106 valence electrons. The first-order valence-electron chi connectivity index (χ1n) is 6.88. The number of ether oxygens (including phenoxy) is 1. The number of hydrogen-bond acceptors (Lipinski definition) is 5. The molecule has 0 spiro atoms. The predicted octanol–water partition coefficient (Wildman–Crippen LogP) is 1.66. The SMILES string of the molecule is CCOc1ccc(N)c(SCCN2CCNCC2)c1. The van der Waals surface area contributed by atoms with Crippen molar-refractivity contribution in [3.8, 4) is 5.75 Å². The van der Waals surface area contributed by atoms with Gasteiger partial charge in [-0.2, -0.15) is 0 Å². The van der Waals surface area contributed by atoms with Gasteiger partial charge in [0.05, 0.1) is 6.61 Å². The van der Waals surface area contributed by atoms with Crippen molar-refractivity contribution in [1.29, 1.82) is 0 Å². The van der Waals surface area contributed by atoms with E-state index in [-0.39, 0.29) is 0 Å². The Morgan fingerprint density at radius 1 is 1.37 bits per heavy atom. The standard InChI is InChI=1S/C14H23N3OS/c1-2-18-12-3-4-13(15)14(11-12)19-10-9-17-7-5-16-6-8-17/h3-4,11,16H,2,5-10,15H2,1H3. The molecule has 0 saturated carbocycles. The van der Waals surface area contributed by atoms with Crippen molar-refractivity contribution in [3.05, 3.63) is 18.2 Å². The lowest BCUT2D eigenvalue weighted by molar-refractivity contribution is 0.255. The zero-order valence-electron chi connectivity index (χ0n) is 11.5. The maximum Gasteiger partial charge on any atom is 0.120 e. The van der Waals surface area contributed by atoms with Gasteiger partial charge in [-0.1, -0.05) is 0 Å². The molecule has 1 aliphatic rings. The Morgan fingerprint density at radius 3 is 2.89 bits per heavy atom. The predicted molar refractivity (Wildman–Crippen MR) is 82.1 cm³/mol. The summed E-state index contributed by atoms with van der Waals surface area (Å²) >= 11 is 1.81. The molecular weight excluding hydrogens is 258 g/mol. The average molecular weight is 281 g/mol. The Balaban J connectivity index is 1.82. The van der Waals surface area contributed by atoms with Crippen LogP contribution in [0, 0.1) is 0 Å². The van der Waals surface area contributed by atoms with E-state index >= 15 is 0 Å². The second-order valence-electron chi connectivity index (χ2n) is 4.57. The average Bonchev–Trinajstić information content (AvgIpc) is 2.44. The Hall–Kier alpha value is -0.910. The highest BCUT2D eigenvalue weighted by Gasteiger charge is 2.09. The molecule has 0 amide bonds. The van der Waals surface area contributed by atoms with Crippen molar-refractivity contribution in [2.24, 2.45) is 0 Å². The van der Waals surface area contributed by atoms with Crippen LogP contribution in [0.4, 0.5) is 5.69 Å². The van der Waals surface area contributed by atoms with Crippen LogP contribution in [0.25, 0.3) is 0 Å². The van der Waals surface area contributed by atoms with Crippen LogP contribution in [0.2, 0.25) is 0 Å². The molecule has 0 radical (unpaired) electrons. The van der Waals surface area contributed by atoms with Crippen molar-refractivity contribution in [1.82, 2.24) is 10.2 Å². The molecule has 0 atom stereocenters. The maximum absolute atomic E-state index is 6.00. The Labute approximate surface area is 119 Å². The molecule has 0 aliphatic carbocycles. The van der Waals surface area contributed by atoms with Gasteiger partial charge in [0.15, 0.2) is 0 Å². The number of thioether (sulfide) groups is 1. The van der Waals surface area contributed by atoms with Crippen molar-refractivity contribution in [2.75, 3.05) is 50.8 Å². The van der Waals surface area contributed by atoms with Crippen LogP contribution in [-0.4, -0.2) is 50.0 Å². The molecule has 2 rings (SSSR count). The van der Waals surface area contributed by atoms with Gasteiger partial charge in [0.1, 0.15) is 5.75 Å². The van der Waals surface area contributed by atoms with E-state index in [1.807, 2.05) is 36.9 Å². The summed E-state index contributed by atoms with van der Waals surface area (Å²) < 4.78 is 5.51. The van der Waals surface area contributed by atoms with Crippen LogP contribution in [0.15, 0.2) is 23.1 Å². The van der Waals surface area contributed by atoms with E-state index in [2.05, 4.69) is 10.2 Å². The monoisotopic (exact) mass is 281 g/mol. The van der Waals surface area contributed by atoms with Crippen molar-refractivity contribution in [2.45, 2.75) is 11.8 Å². The number of rotatable bonds is 6. The minimum absolute atomic E-state index is 0.689. The fourth-order valence-electron chi connectivity index (χ4n) is 2.12. The summed E-state index contributed by atoms with van der Waals surface area (Å²) in [5, 5.41) is 3.37. The first kappa shape index (κ1) is 14.5. The van der Waals surface area contributed by atoms with E-state index in [0.717, 1.165) is 54.8 Å². The van der Waals surface area contributed by atoms with E-state index in [4.69, 9.17) is 10.5 Å². The number of nitrogens with zero attached hydrogens (tertiary/aromatic N) is 1. The first-order chi connectivity index (χ1) is 9.29. The summed E-state index contributed by atoms with van der Waals surface area (Å²) in [6.07, 6.45) is 0. The minimum Gasteiger partial charge on any atom is -0.494 e. The summed E-state index contributed by atoms with van der Waals surface area (Å²) in [6, 6.07) is 5.90. The van der Waals surface area contributed by atoms with Crippen LogP contribution in [0.5, 0.6) is 5.75 Å². The third-order valence-electron chi connectivity index (χ3n) is 3.17. The zero-order valence-corrected chi connectivity index (χ0v) is 12.3. The molecule has 1 heterocycles. The molecule has 0 bridgehead atoms. The van der Waals surface area contributed by atoms with Gasteiger partial charge in [-0.3, -0.25) is 4.90 Å². The number of nitrogens with one attached hydrogen (secondary N) is 1.